The molecule has 100 valence electrons. The summed E-state index contributed by atoms with van der Waals surface area (Å²) in [5, 5.41) is 3.74. The molecule has 0 bridgehead atoms. The second-order valence-electron chi connectivity index (χ2n) is 5.01. The summed E-state index contributed by atoms with van der Waals surface area (Å²) in [5.41, 5.74) is 10.6. The lowest BCUT2D eigenvalue weighted by Gasteiger charge is -2.23. The van der Waals surface area contributed by atoms with Gasteiger partial charge in [-0.05, 0) is 17.7 Å². The van der Waals surface area contributed by atoms with E-state index in [2.05, 4.69) is 41.4 Å². The number of benzene rings is 1. The molecule has 5 heteroatoms. The first kappa shape index (κ1) is 13.1. The Morgan fingerprint density at radius 2 is 2.11 bits per heavy atom. The maximum atomic E-state index is 10.5. The topological polar surface area (TPSA) is 70.7 Å². The van der Waals surface area contributed by atoms with E-state index in [0.717, 1.165) is 5.70 Å². The van der Waals surface area contributed by atoms with Gasteiger partial charge in [0.2, 0.25) is 0 Å². The number of para-hydroxylation sites is 1. The third kappa shape index (κ3) is 2.31. The number of primary amides is 1. The van der Waals surface area contributed by atoms with Crippen LogP contribution in [0.25, 0.3) is 0 Å². The fourth-order valence-corrected chi connectivity index (χ4v) is 2.51. The third-order valence-electron chi connectivity index (χ3n) is 3.42. The van der Waals surface area contributed by atoms with E-state index >= 15 is 0 Å². The minimum Gasteiger partial charge on any atom is -0.350 e. The molecule has 0 atom stereocenters. The molecule has 1 heterocycles. The molecule has 1 aliphatic heterocycles. The van der Waals surface area contributed by atoms with Crippen molar-refractivity contribution >= 4 is 17.9 Å². The first-order chi connectivity index (χ1) is 8.94. The van der Waals surface area contributed by atoms with Crippen molar-refractivity contribution in [2.24, 2.45) is 10.8 Å². The van der Waals surface area contributed by atoms with Gasteiger partial charge in [-0.15, -0.1) is 0 Å². The van der Waals surface area contributed by atoms with Crippen LogP contribution in [0.2, 0.25) is 0 Å². The molecule has 3 N–H and O–H groups in total. The number of likely N-dealkylation sites (N-methyl/N-ethyl adjacent to an activating group) is 1. The zero-order chi connectivity index (χ0) is 14.0. The molecule has 0 unspecified atom stereocenters. The van der Waals surface area contributed by atoms with E-state index < -0.39 is 6.03 Å². The summed E-state index contributed by atoms with van der Waals surface area (Å²) in [6.07, 6.45) is 3.43. The number of urea groups is 1. The molecular weight excluding hydrogens is 240 g/mol. The van der Waals surface area contributed by atoms with E-state index in [0.29, 0.717) is 0 Å². The molecule has 0 saturated carbocycles. The number of anilines is 1. The largest absolute Gasteiger partial charge is 0.350 e. The zero-order valence-corrected chi connectivity index (χ0v) is 11.3. The Morgan fingerprint density at radius 3 is 2.74 bits per heavy atom. The van der Waals surface area contributed by atoms with Gasteiger partial charge in [0.05, 0.1) is 0 Å². The predicted octanol–water partition coefficient (Wildman–Crippen LogP) is 1.95. The Morgan fingerprint density at radius 1 is 1.42 bits per heavy atom. The Bertz CT molecular complexity index is 560. The molecule has 0 fully saturated rings. The Hall–Kier alpha value is -2.30. The molecule has 2 amide bonds. The van der Waals surface area contributed by atoms with Crippen LogP contribution in [0, 0.1) is 0 Å². The lowest BCUT2D eigenvalue weighted by Crippen LogP contribution is -2.25. The van der Waals surface area contributed by atoms with Gasteiger partial charge in [-0.1, -0.05) is 32.0 Å². The van der Waals surface area contributed by atoms with Crippen LogP contribution >= 0.6 is 0 Å². The maximum Gasteiger partial charge on any atom is 0.332 e. The molecule has 5 nitrogen and oxygen atoms in total. The van der Waals surface area contributed by atoms with Gasteiger partial charge >= 0.3 is 6.03 Å². The molecule has 0 radical (unpaired) electrons. The summed E-state index contributed by atoms with van der Waals surface area (Å²) in [6, 6.07) is 7.62. The number of hydrogen-bond acceptors (Lipinski definition) is 3. The number of amides is 2. The van der Waals surface area contributed by atoms with Crippen LogP contribution in [0.1, 0.15) is 19.4 Å². The summed E-state index contributed by atoms with van der Waals surface area (Å²) in [4.78, 5) is 12.7. The summed E-state index contributed by atoms with van der Waals surface area (Å²) in [5.74, 6) is 0. The van der Waals surface area contributed by atoms with Crippen molar-refractivity contribution in [3.8, 4) is 0 Å². The number of nitrogens with zero attached hydrogens (tertiary/aromatic N) is 2. The molecule has 0 spiro atoms. The number of carbonyl (C=O) groups is 1. The fourth-order valence-electron chi connectivity index (χ4n) is 2.51. The van der Waals surface area contributed by atoms with Crippen LogP contribution in [0.5, 0.6) is 0 Å². The van der Waals surface area contributed by atoms with Crippen molar-refractivity contribution < 1.29 is 4.79 Å². The van der Waals surface area contributed by atoms with Crippen molar-refractivity contribution in [3.05, 3.63) is 41.6 Å². The average Bonchev–Trinajstić information content (AvgIpc) is 2.55. The van der Waals surface area contributed by atoms with E-state index in [4.69, 9.17) is 5.73 Å². The number of hydrogen-bond donors (Lipinski definition) is 2. The lowest BCUT2D eigenvalue weighted by atomic mass is 9.84. The van der Waals surface area contributed by atoms with Gasteiger partial charge in [-0.3, -0.25) is 0 Å². The molecule has 1 aromatic rings. The molecule has 0 saturated heterocycles. The van der Waals surface area contributed by atoms with Gasteiger partial charge in [-0.2, -0.15) is 5.10 Å². The molecule has 2 rings (SSSR count). The van der Waals surface area contributed by atoms with E-state index in [9.17, 15) is 4.79 Å². The highest BCUT2D eigenvalue weighted by Crippen LogP contribution is 2.46. The second-order valence-corrected chi connectivity index (χ2v) is 5.01. The standard InChI is InChI=1S/C14H18N4O/c1-14(2)10-6-4-5-7-11(10)18(3)12(14)8-9-16-17-13(15)19/h4-9H,1-3H3,(H3,15,17,19)/b12-8-,16-9-. The number of allylic oxidation sites excluding steroid dienone is 2. The van der Waals surface area contributed by atoms with E-state index in [1.54, 1.807) is 6.21 Å². The van der Waals surface area contributed by atoms with Crippen LogP contribution in [-0.4, -0.2) is 19.3 Å². The molecule has 0 aliphatic carbocycles. The summed E-state index contributed by atoms with van der Waals surface area (Å²) >= 11 is 0. The normalized spacial score (nSPS) is 18.9. The van der Waals surface area contributed by atoms with Gasteiger partial charge in [0.1, 0.15) is 0 Å². The highest BCUT2D eigenvalue weighted by atomic mass is 16.2. The summed E-state index contributed by atoms with van der Waals surface area (Å²) in [7, 11) is 2.02. The monoisotopic (exact) mass is 258 g/mol. The van der Waals surface area contributed by atoms with E-state index in [-0.39, 0.29) is 5.41 Å². The van der Waals surface area contributed by atoms with E-state index in [1.807, 2.05) is 25.3 Å². The molecule has 0 aromatic heterocycles. The highest BCUT2D eigenvalue weighted by molar-refractivity contribution is 5.80. The Labute approximate surface area is 112 Å². The second kappa shape index (κ2) is 4.76. The number of carbonyl (C=O) groups excluding carboxylic acids is 1. The fraction of sp³-hybridized carbons (Fsp3) is 0.286. The maximum absolute atomic E-state index is 10.5. The number of nitrogens with one attached hydrogen (secondary N) is 1. The quantitative estimate of drug-likeness (QED) is 0.628. The molecule has 1 aromatic carbocycles. The lowest BCUT2D eigenvalue weighted by molar-refractivity contribution is 0.249. The Balaban J connectivity index is 2.31. The van der Waals surface area contributed by atoms with Gasteiger partial charge in [0.15, 0.2) is 0 Å². The van der Waals surface area contributed by atoms with E-state index in [1.165, 1.54) is 11.3 Å². The number of hydrazone groups is 1. The van der Waals surface area contributed by atoms with Crippen LogP contribution in [0.3, 0.4) is 0 Å². The minimum absolute atomic E-state index is 0.0932. The summed E-state index contributed by atoms with van der Waals surface area (Å²) < 4.78 is 0. The number of fused-ring (bicyclic) bond motifs is 1. The van der Waals surface area contributed by atoms with Crippen molar-refractivity contribution in [2.75, 3.05) is 11.9 Å². The van der Waals surface area contributed by atoms with Gasteiger partial charge in [-0.25, -0.2) is 10.2 Å². The van der Waals surface area contributed by atoms with Gasteiger partial charge in [0.25, 0.3) is 0 Å². The van der Waals surface area contributed by atoms with Gasteiger partial charge < -0.3 is 10.6 Å². The molecule has 1 aliphatic rings. The smallest absolute Gasteiger partial charge is 0.332 e. The third-order valence-corrected chi connectivity index (χ3v) is 3.42. The number of rotatable bonds is 2. The van der Waals surface area contributed by atoms with Crippen molar-refractivity contribution in [3.63, 3.8) is 0 Å². The molecular formula is C14H18N4O. The van der Waals surface area contributed by atoms with Crippen molar-refractivity contribution in [1.82, 2.24) is 5.43 Å². The molecule has 19 heavy (non-hydrogen) atoms. The average molecular weight is 258 g/mol. The SMILES string of the molecule is CN1/C(=C\C=N/NC(N)=O)C(C)(C)c2ccccc21. The number of nitrogens with two attached hydrogens (primary N) is 1. The van der Waals surface area contributed by atoms with Crippen LogP contribution in [-0.2, 0) is 5.41 Å². The summed E-state index contributed by atoms with van der Waals surface area (Å²) in [6.45, 7) is 4.33. The van der Waals surface area contributed by atoms with Crippen LogP contribution in [0.15, 0.2) is 41.1 Å². The minimum atomic E-state index is -0.669. The predicted molar refractivity (Wildman–Crippen MR) is 77.2 cm³/mol. The van der Waals surface area contributed by atoms with Crippen LogP contribution in [0.4, 0.5) is 10.5 Å². The first-order valence-corrected chi connectivity index (χ1v) is 6.07. The first-order valence-electron chi connectivity index (χ1n) is 6.07. The Kier molecular flexibility index (Phi) is 3.29. The zero-order valence-electron chi connectivity index (χ0n) is 11.3. The van der Waals surface area contributed by atoms with Crippen LogP contribution < -0.4 is 16.1 Å². The van der Waals surface area contributed by atoms with Gasteiger partial charge in [0, 0.05) is 30.1 Å². The van der Waals surface area contributed by atoms with Crippen molar-refractivity contribution in [2.45, 2.75) is 19.3 Å². The highest BCUT2D eigenvalue weighted by Gasteiger charge is 2.37. The van der Waals surface area contributed by atoms with Crippen molar-refractivity contribution in [1.29, 1.82) is 0 Å².